The van der Waals surface area contributed by atoms with Crippen LogP contribution in [-0.2, 0) is 11.3 Å². The minimum absolute atomic E-state index is 0.225. The summed E-state index contributed by atoms with van der Waals surface area (Å²) in [6.45, 7) is -0.225. The van der Waals surface area contributed by atoms with Crippen molar-refractivity contribution in [2.75, 3.05) is 5.32 Å². The Bertz CT molecular complexity index is 1210. The van der Waals surface area contributed by atoms with Gasteiger partial charge in [-0.2, -0.15) is 5.10 Å². The highest BCUT2D eigenvalue weighted by atomic mass is 19.1. The minimum Gasteiger partial charge on any atom is -0.324 e. The molecule has 0 bridgehead atoms. The summed E-state index contributed by atoms with van der Waals surface area (Å²) in [7, 11) is 0. The normalized spacial score (nSPS) is 10.8. The molecule has 4 aromatic rings. The van der Waals surface area contributed by atoms with E-state index in [-0.39, 0.29) is 23.8 Å². The summed E-state index contributed by atoms with van der Waals surface area (Å²) >= 11 is 0. The number of nitrogens with one attached hydrogen (secondary N) is 1. The standard InChI is InChI=1S/C22H16FN3O2/c23-17-10-8-16(9-11-17)19-12-13-22(28)26(25-19)14-21(27)24-20-7-3-5-15-4-1-2-6-18(15)20/h1-13H,14H2,(H,24,27). The third-order valence-electron chi connectivity index (χ3n) is 4.36. The zero-order valence-corrected chi connectivity index (χ0v) is 14.8. The Labute approximate surface area is 160 Å². The van der Waals surface area contributed by atoms with Crippen molar-refractivity contribution in [2.45, 2.75) is 6.54 Å². The molecule has 0 saturated heterocycles. The molecule has 0 saturated carbocycles. The number of halogens is 1. The maximum atomic E-state index is 13.1. The molecule has 0 aliphatic heterocycles. The average molecular weight is 373 g/mol. The van der Waals surface area contributed by atoms with Crippen LogP contribution in [0.25, 0.3) is 22.0 Å². The van der Waals surface area contributed by atoms with Crippen molar-refractivity contribution < 1.29 is 9.18 Å². The summed E-state index contributed by atoms with van der Waals surface area (Å²) in [5.41, 5.74) is 1.42. The summed E-state index contributed by atoms with van der Waals surface area (Å²) in [6, 6.07) is 22.0. The molecule has 0 atom stereocenters. The molecule has 138 valence electrons. The number of carbonyl (C=O) groups is 1. The van der Waals surface area contributed by atoms with Crippen LogP contribution in [0.5, 0.6) is 0 Å². The number of amides is 1. The summed E-state index contributed by atoms with van der Waals surface area (Å²) in [5.74, 6) is -0.714. The van der Waals surface area contributed by atoms with Gasteiger partial charge in [-0.15, -0.1) is 0 Å². The first-order valence-electron chi connectivity index (χ1n) is 8.72. The molecular weight excluding hydrogens is 357 g/mol. The van der Waals surface area contributed by atoms with Gasteiger partial charge < -0.3 is 5.32 Å². The Kier molecular flexibility index (Phi) is 4.68. The van der Waals surface area contributed by atoms with E-state index >= 15 is 0 Å². The van der Waals surface area contributed by atoms with Crippen molar-refractivity contribution in [1.29, 1.82) is 0 Å². The fourth-order valence-corrected chi connectivity index (χ4v) is 3.00. The van der Waals surface area contributed by atoms with Gasteiger partial charge in [0, 0.05) is 22.7 Å². The van der Waals surface area contributed by atoms with Crippen molar-refractivity contribution in [1.82, 2.24) is 9.78 Å². The zero-order chi connectivity index (χ0) is 19.5. The molecule has 4 rings (SSSR count). The summed E-state index contributed by atoms with van der Waals surface area (Å²) in [4.78, 5) is 24.6. The van der Waals surface area contributed by atoms with Crippen LogP contribution in [0.3, 0.4) is 0 Å². The quantitative estimate of drug-likeness (QED) is 0.591. The number of hydrogen-bond acceptors (Lipinski definition) is 3. The van der Waals surface area contributed by atoms with Crippen molar-refractivity contribution in [3.63, 3.8) is 0 Å². The van der Waals surface area contributed by atoms with Crippen molar-refractivity contribution in [3.05, 3.63) is 95.0 Å². The SMILES string of the molecule is O=C(Cn1nc(-c2ccc(F)cc2)ccc1=O)Nc1cccc2ccccc12. The molecule has 1 amide bonds. The van der Waals surface area contributed by atoms with E-state index in [1.54, 1.807) is 18.2 Å². The molecule has 0 aliphatic rings. The highest BCUT2D eigenvalue weighted by Gasteiger charge is 2.10. The molecule has 0 aliphatic carbocycles. The second-order valence-electron chi connectivity index (χ2n) is 6.30. The van der Waals surface area contributed by atoms with Crippen molar-refractivity contribution >= 4 is 22.4 Å². The number of fused-ring (bicyclic) bond motifs is 1. The molecular formula is C22H16FN3O2. The molecule has 1 heterocycles. The summed E-state index contributed by atoms with van der Waals surface area (Å²) < 4.78 is 14.2. The van der Waals surface area contributed by atoms with Crippen molar-refractivity contribution in [2.24, 2.45) is 0 Å². The number of rotatable bonds is 4. The van der Waals surface area contributed by atoms with Gasteiger partial charge in [0.2, 0.25) is 5.91 Å². The molecule has 28 heavy (non-hydrogen) atoms. The van der Waals surface area contributed by atoms with Crippen LogP contribution < -0.4 is 10.9 Å². The van der Waals surface area contributed by atoms with Gasteiger partial charge >= 0.3 is 0 Å². The minimum atomic E-state index is -0.390. The van der Waals surface area contributed by atoms with Crippen molar-refractivity contribution in [3.8, 4) is 11.3 Å². The maximum absolute atomic E-state index is 13.1. The van der Waals surface area contributed by atoms with Crippen LogP contribution >= 0.6 is 0 Å². The van der Waals surface area contributed by atoms with Gasteiger partial charge in [-0.3, -0.25) is 9.59 Å². The van der Waals surface area contributed by atoms with Gasteiger partial charge in [0.25, 0.3) is 5.56 Å². The first-order valence-corrected chi connectivity index (χ1v) is 8.72. The number of hydrogen-bond donors (Lipinski definition) is 1. The highest BCUT2D eigenvalue weighted by molar-refractivity contribution is 6.01. The zero-order valence-electron chi connectivity index (χ0n) is 14.8. The number of benzene rings is 3. The summed E-state index contributed by atoms with van der Waals surface area (Å²) in [6.07, 6.45) is 0. The largest absolute Gasteiger partial charge is 0.324 e. The summed E-state index contributed by atoms with van der Waals surface area (Å²) in [5, 5.41) is 9.00. The van der Waals surface area contributed by atoms with E-state index in [1.165, 1.54) is 18.2 Å². The molecule has 1 aromatic heterocycles. The fourth-order valence-electron chi connectivity index (χ4n) is 3.00. The number of anilines is 1. The third kappa shape index (κ3) is 3.66. The Morgan fingerprint density at radius 3 is 2.50 bits per heavy atom. The lowest BCUT2D eigenvalue weighted by Crippen LogP contribution is -2.29. The van der Waals surface area contributed by atoms with E-state index in [4.69, 9.17) is 0 Å². The van der Waals surface area contributed by atoms with Gasteiger partial charge in [-0.05, 0) is 41.8 Å². The van der Waals surface area contributed by atoms with E-state index in [9.17, 15) is 14.0 Å². The van der Waals surface area contributed by atoms with Gasteiger partial charge in [-0.25, -0.2) is 9.07 Å². The topological polar surface area (TPSA) is 64.0 Å². The van der Waals surface area contributed by atoms with Gasteiger partial charge in [0.05, 0.1) is 5.69 Å². The van der Waals surface area contributed by atoms with Crippen LogP contribution in [0.2, 0.25) is 0 Å². The predicted octanol–water partition coefficient (Wildman–Crippen LogP) is 3.84. The van der Waals surface area contributed by atoms with Crippen LogP contribution in [0.15, 0.2) is 83.7 Å². The van der Waals surface area contributed by atoms with E-state index < -0.39 is 0 Å². The molecule has 6 heteroatoms. The van der Waals surface area contributed by atoms with E-state index in [0.29, 0.717) is 16.9 Å². The molecule has 0 spiro atoms. The van der Waals surface area contributed by atoms with E-state index in [1.807, 2.05) is 42.5 Å². The van der Waals surface area contributed by atoms with Crippen LogP contribution in [0.1, 0.15) is 0 Å². The smallest absolute Gasteiger partial charge is 0.267 e. The highest BCUT2D eigenvalue weighted by Crippen LogP contribution is 2.23. The second kappa shape index (κ2) is 7.44. The fraction of sp³-hybridized carbons (Fsp3) is 0.0455. The van der Waals surface area contributed by atoms with Crippen LogP contribution in [0.4, 0.5) is 10.1 Å². The van der Waals surface area contributed by atoms with Gasteiger partial charge in [0.1, 0.15) is 12.4 Å². The van der Waals surface area contributed by atoms with Gasteiger partial charge in [-0.1, -0.05) is 36.4 Å². The first-order chi connectivity index (χ1) is 13.6. The third-order valence-corrected chi connectivity index (χ3v) is 4.36. The lowest BCUT2D eigenvalue weighted by Gasteiger charge is -2.10. The van der Waals surface area contributed by atoms with E-state index in [2.05, 4.69) is 10.4 Å². The van der Waals surface area contributed by atoms with Crippen LogP contribution in [0, 0.1) is 5.82 Å². The molecule has 0 unspecified atom stereocenters. The average Bonchev–Trinajstić information content (AvgIpc) is 2.71. The second-order valence-corrected chi connectivity index (χ2v) is 6.30. The molecule has 5 nitrogen and oxygen atoms in total. The molecule has 1 N–H and O–H groups in total. The predicted molar refractivity (Wildman–Crippen MR) is 106 cm³/mol. The number of carbonyl (C=O) groups excluding carboxylic acids is 1. The monoisotopic (exact) mass is 373 g/mol. The van der Waals surface area contributed by atoms with Crippen LogP contribution in [-0.4, -0.2) is 15.7 Å². The van der Waals surface area contributed by atoms with E-state index in [0.717, 1.165) is 15.5 Å². The first kappa shape index (κ1) is 17.6. The maximum Gasteiger partial charge on any atom is 0.267 e. The Morgan fingerprint density at radius 2 is 1.68 bits per heavy atom. The number of nitrogens with zero attached hydrogens (tertiary/aromatic N) is 2. The lowest BCUT2D eigenvalue weighted by atomic mass is 10.1. The molecule has 0 fully saturated rings. The Morgan fingerprint density at radius 1 is 0.929 bits per heavy atom. The molecule has 3 aromatic carbocycles. The number of aromatic nitrogens is 2. The Hall–Kier alpha value is -3.80. The van der Waals surface area contributed by atoms with Gasteiger partial charge in [0.15, 0.2) is 0 Å². The molecule has 0 radical (unpaired) electrons. The lowest BCUT2D eigenvalue weighted by molar-refractivity contribution is -0.117. The Balaban J connectivity index is 1.58.